The third kappa shape index (κ3) is 3.96. The van der Waals surface area contributed by atoms with Gasteiger partial charge in [0.05, 0.1) is 9.20 Å². The molecule has 3 aromatic rings. The van der Waals surface area contributed by atoms with Crippen molar-refractivity contribution in [3.05, 3.63) is 62.0 Å². The average Bonchev–Trinajstić information content (AvgIpc) is 3.19. The van der Waals surface area contributed by atoms with E-state index in [1.165, 1.54) is 34.8 Å². The van der Waals surface area contributed by atoms with E-state index in [4.69, 9.17) is 0 Å². The summed E-state index contributed by atoms with van der Waals surface area (Å²) in [6.07, 6.45) is 0. The van der Waals surface area contributed by atoms with E-state index in [9.17, 15) is 9.18 Å². The monoisotopic (exact) mass is 439 g/mol. The molecule has 0 saturated carbocycles. The second-order valence-electron chi connectivity index (χ2n) is 6.05. The Bertz CT molecular complexity index is 880. The Morgan fingerprint density at radius 2 is 2.12 bits per heavy atom. The number of amides is 1. The summed E-state index contributed by atoms with van der Waals surface area (Å²) in [7, 11) is 0. The van der Waals surface area contributed by atoms with Crippen LogP contribution < -0.4 is 5.32 Å². The van der Waals surface area contributed by atoms with E-state index in [-0.39, 0.29) is 17.6 Å². The van der Waals surface area contributed by atoms with Crippen LogP contribution >= 0.6 is 38.6 Å². The number of carbonyl (C=O) groups excluding carboxylic acids is 1. The number of aromatic nitrogens is 2. The fraction of sp³-hybridized carbons (Fsp3) is 0.235. The van der Waals surface area contributed by atoms with Crippen molar-refractivity contribution in [2.45, 2.75) is 19.8 Å². The highest BCUT2D eigenvalue weighted by molar-refractivity contribution is 9.11. The molecule has 0 fully saturated rings. The summed E-state index contributed by atoms with van der Waals surface area (Å²) in [5.41, 5.74) is 1.49. The van der Waals surface area contributed by atoms with Crippen molar-refractivity contribution in [2.24, 2.45) is 5.41 Å². The highest BCUT2D eigenvalue weighted by Gasteiger charge is 2.40. The molecule has 1 N–H and O–H groups in total. The summed E-state index contributed by atoms with van der Waals surface area (Å²) in [6, 6.07) is 10.3. The summed E-state index contributed by atoms with van der Waals surface area (Å²) in [4.78, 5) is 13.9. The Balaban J connectivity index is 2.02. The molecule has 1 aromatic carbocycles. The van der Waals surface area contributed by atoms with Crippen LogP contribution in [-0.2, 0) is 4.79 Å². The van der Waals surface area contributed by atoms with E-state index in [1.807, 2.05) is 32.0 Å². The van der Waals surface area contributed by atoms with Crippen molar-refractivity contribution in [1.82, 2.24) is 10.2 Å². The van der Waals surface area contributed by atoms with Gasteiger partial charge < -0.3 is 5.32 Å². The molecule has 0 radical (unpaired) electrons. The van der Waals surface area contributed by atoms with E-state index >= 15 is 0 Å². The number of carbonyl (C=O) groups is 1. The molecule has 0 spiro atoms. The molecule has 8 heteroatoms. The van der Waals surface area contributed by atoms with Gasteiger partial charge in [0, 0.05) is 10.8 Å². The van der Waals surface area contributed by atoms with Gasteiger partial charge in [-0.25, -0.2) is 4.39 Å². The molecule has 0 bridgehead atoms. The van der Waals surface area contributed by atoms with Crippen LogP contribution in [0.1, 0.15) is 30.2 Å². The molecule has 1 atom stereocenters. The minimum absolute atomic E-state index is 0.192. The van der Waals surface area contributed by atoms with Crippen LogP contribution in [0.15, 0.2) is 45.7 Å². The Labute approximate surface area is 161 Å². The quantitative estimate of drug-likeness (QED) is 0.586. The number of nitrogens with zero attached hydrogens (tertiary/aromatic N) is 2. The maximum absolute atomic E-state index is 13.8. The molecule has 2 heterocycles. The molecule has 0 saturated heterocycles. The van der Waals surface area contributed by atoms with Gasteiger partial charge in [-0.3, -0.25) is 4.79 Å². The fourth-order valence-electron chi connectivity index (χ4n) is 2.72. The number of anilines is 1. The molecule has 130 valence electrons. The van der Waals surface area contributed by atoms with Crippen LogP contribution in [0.3, 0.4) is 0 Å². The first kappa shape index (κ1) is 18.2. The summed E-state index contributed by atoms with van der Waals surface area (Å²) < 4.78 is 14.8. The van der Waals surface area contributed by atoms with Gasteiger partial charge in [0.25, 0.3) is 0 Å². The first-order chi connectivity index (χ1) is 11.9. The van der Waals surface area contributed by atoms with Crippen LogP contribution in [-0.4, -0.2) is 16.1 Å². The highest BCUT2D eigenvalue weighted by Crippen LogP contribution is 2.45. The standard InChI is InChI=1S/C17H15BrFN3OS2/c1-17(2,15(23)21-16-22-20-9-24-16)14(12-6-7-13(18)25-12)10-4-3-5-11(19)8-10/h3-9,14H,1-2H3,(H,21,22,23)/t14-/m1/s1. The van der Waals surface area contributed by atoms with Gasteiger partial charge in [-0.2, -0.15) is 0 Å². The molecule has 0 unspecified atom stereocenters. The summed E-state index contributed by atoms with van der Waals surface area (Å²) in [6.45, 7) is 3.71. The van der Waals surface area contributed by atoms with Crippen molar-refractivity contribution in [1.29, 1.82) is 0 Å². The lowest BCUT2D eigenvalue weighted by Gasteiger charge is -2.32. The Hall–Kier alpha value is -1.64. The van der Waals surface area contributed by atoms with E-state index in [0.29, 0.717) is 5.13 Å². The van der Waals surface area contributed by atoms with Gasteiger partial charge >= 0.3 is 0 Å². The Kier molecular flexibility index (Phi) is 5.31. The minimum atomic E-state index is -0.830. The largest absolute Gasteiger partial charge is 0.300 e. The van der Waals surface area contributed by atoms with Crippen molar-refractivity contribution in [3.8, 4) is 0 Å². The van der Waals surface area contributed by atoms with E-state index < -0.39 is 5.41 Å². The van der Waals surface area contributed by atoms with Crippen LogP contribution in [0.5, 0.6) is 0 Å². The third-order valence-corrected chi connectivity index (χ3v) is 6.24. The van der Waals surface area contributed by atoms with Crippen molar-refractivity contribution in [3.63, 3.8) is 0 Å². The number of thiophene rings is 1. The number of hydrogen-bond acceptors (Lipinski definition) is 5. The zero-order valence-corrected chi connectivity index (χ0v) is 16.7. The lowest BCUT2D eigenvalue weighted by Crippen LogP contribution is -2.36. The average molecular weight is 440 g/mol. The van der Waals surface area contributed by atoms with Gasteiger partial charge in [-0.15, -0.1) is 21.5 Å². The van der Waals surface area contributed by atoms with E-state index in [1.54, 1.807) is 11.6 Å². The second kappa shape index (κ2) is 7.31. The van der Waals surface area contributed by atoms with Crippen LogP contribution in [0.4, 0.5) is 9.52 Å². The number of nitrogens with one attached hydrogen (secondary N) is 1. The maximum Gasteiger partial charge on any atom is 0.232 e. The molecule has 1 amide bonds. The molecule has 2 aromatic heterocycles. The minimum Gasteiger partial charge on any atom is -0.300 e. The molecule has 25 heavy (non-hydrogen) atoms. The third-order valence-electron chi connectivity index (χ3n) is 3.95. The lowest BCUT2D eigenvalue weighted by atomic mass is 9.73. The summed E-state index contributed by atoms with van der Waals surface area (Å²) in [5.74, 6) is -0.811. The van der Waals surface area contributed by atoms with Gasteiger partial charge in [-0.1, -0.05) is 37.3 Å². The predicted octanol–water partition coefficient (Wildman–Crippen LogP) is 5.30. The number of hydrogen-bond donors (Lipinski definition) is 1. The van der Waals surface area contributed by atoms with Crippen molar-refractivity contribution in [2.75, 3.05) is 5.32 Å². The first-order valence-corrected chi connectivity index (χ1v) is 9.95. The van der Waals surface area contributed by atoms with E-state index in [0.717, 1.165) is 14.2 Å². The fourth-order valence-corrected chi connectivity index (χ4v) is 4.90. The number of benzene rings is 1. The molecule has 0 aliphatic rings. The summed E-state index contributed by atoms with van der Waals surface area (Å²) in [5, 5.41) is 10.9. The molecule has 4 nitrogen and oxygen atoms in total. The van der Waals surface area contributed by atoms with Crippen molar-refractivity contribution < 1.29 is 9.18 Å². The molecule has 3 rings (SSSR count). The van der Waals surface area contributed by atoms with Crippen LogP contribution in [0.2, 0.25) is 0 Å². The zero-order valence-electron chi connectivity index (χ0n) is 13.5. The van der Waals surface area contributed by atoms with E-state index in [2.05, 4.69) is 31.4 Å². The topological polar surface area (TPSA) is 54.9 Å². The predicted molar refractivity (Wildman–Crippen MR) is 103 cm³/mol. The first-order valence-electron chi connectivity index (χ1n) is 7.46. The molecular weight excluding hydrogens is 425 g/mol. The number of rotatable bonds is 5. The normalized spacial score (nSPS) is 12.8. The molecular formula is C17H15BrFN3OS2. The molecule has 0 aliphatic carbocycles. The zero-order chi connectivity index (χ0) is 18.0. The number of halogens is 2. The van der Waals surface area contributed by atoms with Crippen molar-refractivity contribution >= 4 is 49.6 Å². The van der Waals surface area contributed by atoms with Gasteiger partial charge in [0.2, 0.25) is 11.0 Å². The van der Waals surface area contributed by atoms with Gasteiger partial charge in [-0.05, 0) is 45.8 Å². The van der Waals surface area contributed by atoms with Gasteiger partial charge in [0.15, 0.2) is 0 Å². The SMILES string of the molecule is CC(C)(C(=O)Nc1nncs1)[C@H](c1cccc(F)c1)c1ccc(Br)s1. The second-order valence-corrected chi connectivity index (χ2v) is 9.38. The smallest absolute Gasteiger partial charge is 0.232 e. The van der Waals surface area contributed by atoms with Crippen LogP contribution in [0.25, 0.3) is 0 Å². The lowest BCUT2D eigenvalue weighted by molar-refractivity contribution is -0.124. The highest BCUT2D eigenvalue weighted by atomic mass is 79.9. The van der Waals surface area contributed by atoms with Crippen LogP contribution in [0, 0.1) is 11.2 Å². The Morgan fingerprint density at radius 3 is 2.72 bits per heavy atom. The molecule has 0 aliphatic heterocycles. The van der Waals surface area contributed by atoms with Gasteiger partial charge in [0.1, 0.15) is 11.3 Å². The maximum atomic E-state index is 13.8. The Morgan fingerprint density at radius 1 is 1.32 bits per heavy atom. The summed E-state index contributed by atoms with van der Waals surface area (Å²) >= 11 is 6.26.